The van der Waals surface area contributed by atoms with Crippen molar-refractivity contribution in [3.05, 3.63) is 0 Å². The smallest absolute Gasteiger partial charge is 0.225 e. The first kappa shape index (κ1) is 12.5. The van der Waals surface area contributed by atoms with Crippen molar-refractivity contribution in [2.45, 2.75) is 52.7 Å². The molecule has 2 atom stereocenters. The summed E-state index contributed by atoms with van der Waals surface area (Å²) in [6.45, 7) is 8.67. The van der Waals surface area contributed by atoms with Gasteiger partial charge in [-0.2, -0.15) is 0 Å². The first-order valence-corrected chi connectivity index (χ1v) is 5.90. The van der Waals surface area contributed by atoms with Gasteiger partial charge in [-0.15, -0.1) is 0 Å². The van der Waals surface area contributed by atoms with E-state index >= 15 is 0 Å². The number of aliphatic hydroxyl groups excluding tert-OH is 1. The molecule has 0 aliphatic carbocycles. The zero-order chi connectivity index (χ0) is 11.6. The van der Waals surface area contributed by atoms with Gasteiger partial charge in [0.1, 0.15) is 0 Å². The van der Waals surface area contributed by atoms with Gasteiger partial charge in [0.15, 0.2) is 0 Å². The minimum atomic E-state index is -0.323. The molecule has 0 aromatic carbocycles. The zero-order valence-electron chi connectivity index (χ0n) is 10.2. The number of amides is 1. The molecule has 2 unspecified atom stereocenters. The number of aliphatic hydroxyl groups is 1. The lowest BCUT2D eigenvalue weighted by Crippen LogP contribution is -2.39. The zero-order valence-corrected chi connectivity index (χ0v) is 10.2. The molecule has 1 fully saturated rings. The van der Waals surface area contributed by atoms with E-state index in [1.165, 1.54) is 0 Å². The van der Waals surface area contributed by atoms with Crippen molar-refractivity contribution >= 4 is 5.91 Å². The van der Waals surface area contributed by atoms with Crippen LogP contribution in [0.3, 0.4) is 0 Å². The molecule has 0 bridgehead atoms. The third kappa shape index (κ3) is 3.20. The number of β-amino-alcohol motifs (C(OH)–C–C–N with tert-alkyl or cyclic N) is 1. The van der Waals surface area contributed by atoms with Gasteiger partial charge >= 0.3 is 0 Å². The van der Waals surface area contributed by atoms with Crippen LogP contribution in [0.4, 0.5) is 0 Å². The van der Waals surface area contributed by atoms with E-state index in [1.54, 1.807) is 0 Å². The molecule has 0 spiro atoms. The van der Waals surface area contributed by atoms with E-state index in [0.717, 1.165) is 12.8 Å². The summed E-state index contributed by atoms with van der Waals surface area (Å²) in [5, 5.41) is 9.62. The molecule has 15 heavy (non-hydrogen) atoms. The SMILES string of the molecule is CC(C)CC1CC(O)CN1C(=O)C(C)C. The van der Waals surface area contributed by atoms with E-state index < -0.39 is 0 Å². The minimum absolute atomic E-state index is 0.0324. The Balaban J connectivity index is 2.64. The van der Waals surface area contributed by atoms with Gasteiger partial charge in [-0.25, -0.2) is 0 Å². The highest BCUT2D eigenvalue weighted by atomic mass is 16.3. The van der Waals surface area contributed by atoms with Crippen LogP contribution in [0.1, 0.15) is 40.5 Å². The maximum atomic E-state index is 11.9. The Morgan fingerprint density at radius 1 is 1.40 bits per heavy atom. The maximum Gasteiger partial charge on any atom is 0.225 e. The van der Waals surface area contributed by atoms with E-state index in [0.29, 0.717) is 12.5 Å². The summed E-state index contributed by atoms with van der Waals surface area (Å²) in [5.41, 5.74) is 0. The molecule has 1 amide bonds. The number of carbonyl (C=O) groups is 1. The van der Waals surface area contributed by atoms with Crippen LogP contribution >= 0.6 is 0 Å². The van der Waals surface area contributed by atoms with E-state index in [4.69, 9.17) is 0 Å². The second-order valence-electron chi connectivity index (χ2n) is 5.32. The van der Waals surface area contributed by atoms with Crippen molar-refractivity contribution in [1.29, 1.82) is 0 Å². The lowest BCUT2D eigenvalue weighted by atomic mass is 10.0. The van der Waals surface area contributed by atoms with E-state index in [9.17, 15) is 9.90 Å². The van der Waals surface area contributed by atoms with E-state index in [1.807, 2.05) is 18.7 Å². The van der Waals surface area contributed by atoms with Gasteiger partial charge in [0.25, 0.3) is 0 Å². The van der Waals surface area contributed by atoms with Crippen LogP contribution in [0.15, 0.2) is 0 Å². The topological polar surface area (TPSA) is 40.5 Å². The average molecular weight is 213 g/mol. The van der Waals surface area contributed by atoms with Gasteiger partial charge in [-0.05, 0) is 18.8 Å². The average Bonchev–Trinajstić information content (AvgIpc) is 2.44. The van der Waals surface area contributed by atoms with Gasteiger partial charge in [0, 0.05) is 18.5 Å². The second kappa shape index (κ2) is 4.97. The van der Waals surface area contributed by atoms with Crippen LogP contribution in [0.2, 0.25) is 0 Å². The Bertz CT molecular complexity index is 226. The quantitative estimate of drug-likeness (QED) is 0.774. The molecule has 1 heterocycles. The van der Waals surface area contributed by atoms with Crippen LogP contribution < -0.4 is 0 Å². The number of likely N-dealkylation sites (tertiary alicyclic amines) is 1. The fraction of sp³-hybridized carbons (Fsp3) is 0.917. The normalized spacial score (nSPS) is 26.7. The Kier molecular flexibility index (Phi) is 4.14. The summed E-state index contributed by atoms with van der Waals surface area (Å²) in [7, 11) is 0. The van der Waals surface area contributed by atoms with Crippen molar-refractivity contribution in [1.82, 2.24) is 4.90 Å². The molecule has 1 rings (SSSR count). The first-order chi connectivity index (χ1) is 6.91. The fourth-order valence-corrected chi connectivity index (χ4v) is 2.26. The van der Waals surface area contributed by atoms with Crippen LogP contribution in [-0.2, 0) is 4.79 Å². The maximum absolute atomic E-state index is 11.9. The predicted octanol–water partition coefficient (Wildman–Crippen LogP) is 1.65. The molecule has 3 heteroatoms. The van der Waals surface area contributed by atoms with Crippen molar-refractivity contribution < 1.29 is 9.90 Å². The van der Waals surface area contributed by atoms with Crippen LogP contribution in [-0.4, -0.2) is 34.6 Å². The molecule has 0 aromatic rings. The van der Waals surface area contributed by atoms with E-state index in [-0.39, 0.29) is 24.0 Å². The predicted molar refractivity (Wildman–Crippen MR) is 60.4 cm³/mol. The van der Waals surface area contributed by atoms with Gasteiger partial charge in [0.2, 0.25) is 5.91 Å². The summed E-state index contributed by atoms with van der Waals surface area (Å²) >= 11 is 0. The third-order valence-electron chi connectivity index (χ3n) is 2.91. The van der Waals surface area contributed by atoms with Gasteiger partial charge in [0.05, 0.1) is 6.10 Å². The van der Waals surface area contributed by atoms with Crippen LogP contribution in [0, 0.1) is 11.8 Å². The molecular weight excluding hydrogens is 190 g/mol. The summed E-state index contributed by atoms with van der Waals surface area (Å²) in [6.07, 6.45) is 1.42. The summed E-state index contributed by atoms with van der Waals surface area (Å²) in [6, 6.07) is 0.245. The molecule has 1 N–H and O–H groups in total. The number of hydrogen-bond donors (Lipinski definition) is 1. The molecule has 0 radical (unpaired) electrons. The summed E-state index contributed by atoms with van der Waals surface area (Å²) in [4.78, 5) is 13.8. The lowest BCUT2D eigenvalue weighted by Gasteiger charge is -2.27. The molecular formula is C12H23NO2. The van der Waals surface area contributed by atoms with Crippen molar-refractivity contribution in [3.63, 3.8) is 0 Å². The second-order valence-corrected chi connectivity index (χ2v) is 5.32. The number of nitrogens with zero attached hydrogens (tertiary/aromatic N) is 1. The van der Waals surface area contributed by atoms with Gasteiger partial charge in [-0.1, -0.05) is 27.7 Å². The molecule has 1 saturated heterocycles. The monoisotopic (exact) mass is 213 g/mol. The minimum Gasteiger partial charge on any atom is -0.391 e. The van der Waals surface area contributed by atoms with Crippen LogP contribution in [0.5, 0.6) is 0 Å². The van der Waals surface area contributed by atoms with Crippen molar-refractivity contribution in [2.24, 2.45) is 11.8 Å². The Morgan fingerprint density at radius 3 is 2.47 bits per heavy atom. The largest absolute Gasteiger partial charge is 0.391 e. The number of carbonyl (C=O) groups excluding carboxylic acids is 1. The first-order valence-electron chi connectivity index (χ1n) is 5.90. The highest BCUT2D eigenvalue weighted by Gasteiger charge is 2.35. The highest BCUT2D eigenvalue weighted by Crippen LogP contribution is 2.25. The third-order valence-corrected chi connectivity index (χ3v) is 2.91. The van der Waals surface area contributed by atoms with E-state index in [2.05, 4.69) is 13.8 Å². The Morgan fingerprint density at radius 2 is 2.00 bits per heavy atom. The van der Waals surface area contributed by atoms with Gasteiger partial charge in [-0.3, -0.25) is 4.79 Å². The molecule has 88 valence electrons. The molecule has 0 saturated carbocycles. The molecule has 1 aliphatic heterocycles. The molecule has 0 aromatic heterocycles. The highest BCUT2D eigenvalue weighted by molar-refractivity contribution is 5.78. The molecule has 1 aliphatic rings. The number of hydrogen-bond acceptors (Lipinski definition) is 2. The summed E-state index contributed by atoms with van der Waals surface area (Å²) < 4.78 is 0. The Labute approximate surface area is 92.5 Å². The van der Waals surface area contributed by atoms with Crippen LogP contribution in [0.25, 0.3) is 0 Å². The molecule has 3 nitrogen and oxygen atoms in total. The standard InChI is InChI=1S/C12H23NO2/c1-8(2)5-10-6-11(14)7-13(10)12(15)9(3)4/h8-11,14H,5-7H2,1-4H3. The Hall–Kier alpha value is -0.570. The van der Waals surface area contributed by atoms with Gasteiger partial charge < -0.3 is 10.0 Å². The lowest BCUT2D eigenvalue weighted by molar-refractivity contribution is -0.135. The van der Waals surface area contributed by atoms with Crippen molar-refractivity contribution in [2.75, 3.05) is 6.54 Å². The number of rotatable bonds is 3. The summed E-state index contributed by atoms with van der Waals surface area (Å²) in [5.74, 6) is 0.782. The fourth-order valence-electron chi connectivity index (χ4n) is 2.26. The van der Waals surface area contributed by atoms with Crippen molar-refractivity contribution in [3.8, 4) is 0 Å².